The molecule has 3 aromatic rings. The van der Waals surface area contributed by atoms with E-state index in [0.29, 0.717) is 13.1 Å². The zero-order chi connectivity index (χ0) is 19.9. The number of para-hydroxylation sites is 1. The first-order valence-corrected chi connectivity index (χ1v) is 10.7. The number of rotatable bonds is 10. The second-order valence-electron chi connectivity index (χ2n) is 7.20. The summed E-state index contributed by atoms with van der Waals surface area (Å²) in [5.74, 6) is 0.0180. The molecule has 0 aliphatic carbocycles. The van der Waals surface area contributed by atoms with Crippen LogP contribution in [0.2, 0.25) is 0 Å². The molecule has 3 rings (SSSR count). The summed E-state index contributed by atoms with van der Waals surface area (Å²) in [6, 6.07) is 11.8. The quantitative estimate of drug-likeness (QED) is 0.399. The number of carbonyl (C=O) groups is 1. The number of benzene rings is 1. The highest BCUT2D eigenvalue weighted by Crippen LogP contribution is 2.23. The Morgan fingerprint density at radius 3 is 2.86 bits per heavy atom. The van der Waals surface area contributed by atoms with Gasteiger partial charge in [-0.05, 0) is 49.7 Å². The standard InChI is InChI=1S/C23H28N2O2S/c1-3-4-13-24(2)16-19(26)17-25-15-18(20-8-5-6-9-21(20)25)11-12-22(27)23-10-7-14-28-23/h5-12,14-15,19,26H,3-4,13,16-17H2,1-2H3/b12-11+. The Balaban J connectivity index is 1.76. The largest absolute Gasteiger partial charge is 0.390 e. The molecule has 0 saturated heterocycles. The van der Waals surface area contributed by atoms with Crippen molar-refractivity contribution in [2.45, 2.75) is 32.4 Å². The predicted octanol–water partition coefficient (Wildman–Crippen LogP) is 4.69. The first-order valence-electron chi connectivity index (χ1n) is 9.79. The molecule has 1 unspecified atom stereocenters. The molecule has 28 heavy (non-hydrogen) atoms. The Morgan fingerprint density at radius 1 is 1.29 bits per heavy atom. The highest BCUT2D eigenvalue weighted by atomic mass is 32.1. The number of hydrogen-bond donors (Lipinski definition) is 1. The van der Waals surface area contributed by atoms with Gasteiger partial charge in [-0.2, -0.15) is 0 Å². The number of allylic oxidation sites excluding steroid dienone is 1. The van der Waals surface area contributed by atoms with Gasteiger partial charge in [0.2, 0.25) is 0 Å². The molecule has 1 N–H and O–H groups in total. The van der Waals surface area contributed by atoms with E-state index in [9.17, 15) is 9.90 Å². The minimum Gasteiger partial charge on any atom is -0.390 e. The smallest absolute Gasteiger partial charge is 0.195 e. The van der Waals surface area contributed by atoms with Gasteiger partial charge in [0.25, 0.3) is 0 Å². The van der Waals surface area contributed by atoms with E-state index < -0.39 is 6.10 Å². The van der Waals surface area contributed by atoms with Crippen LogP contribution in [-0.4, -0.2) is 46.6 Å². The average Bonchev–Trinajstić information content (AvgIpc) is 3.33. The van der Waals surface area contributed by atoms with Crippen LogP contribution in [0.25, 0.3) is 17.0 Å². The molecular formula is C23H28N2O2S. The number of ketones is 1. The third-order valence-corrected chi connectivity index (χ3v) is 5.71. The molecule has 1 aromatic carbocycles. The van der Waals surface area contributed by atoms with Crippen molar-refractivity contribution >= 4 is 34.1 Å². The number of aromatic nitrogens is 1. The van der Waals surface area contributed by atoms with Gasteiger partial charge in [0.05, 0.1) is 11.0 Å². The summed E-state index contributed by atoms with van der Waals surface area (Å²) in [6.45, 7) is 4.35. The zero-order valence-corrected chi connectivity index (χ0v) is 17.4. The van der Waals surface area contributed by atoms with Gasteiger partial charge < -0.3 is 14.6 Å². The second-order valence-corrected chi connectivity index (χ2v) is 8.15. The van der Waals surface area contributed by atoms with E-state index in [2.05, 4.69) is 35.6 Å². The lowest BCUT2D eigenvalue weighted by Gasteiger charge is -2.21. The van der Waals surface area contributed by atoms with Crippen molar-refractivity contribution in [3.63, 3.8) is 0 Å². The predicted molar refractivity (Wildman–Crippen MR) is 118 cm³/mol. The van der Waals surface area contributed by atoms with Crippen LogP contribution >= 0.6 is 11.3 Å². The minimum absolute atomic E-state index is 0.0180. The minimum atomic E-state index is -0.442. The van der Waals surface area contributed by atoms with Crippen LogP contribution in [0.15, 0.2) is 54.1 Å². The number of hydrogen-bond acceptors (Lipinski definition) is 4. The van der Waals surface area contributed by atoms with Gasteiger partial charge in [-0.3, -0.25) is 4.79 Å². The molecule has 0 aliphatic heterocycles. The molecule has 5 heteroatoms. The van der Waals surface area contributed by atoms with Gasteiger partial charge in [-0.15, -0.1) is 11.3 Å². The fourth-order valence-electron chi connectivity index (χ4n) is 3.39. The Kier molecular flexibility index (Phi) is 7.20. The fourth-order valence-corrected chi connectivity index (χ4v) is 4.03. The van der Waals surface area contributed by atoms with Crippen LogP contribution in [0.3, 0.4) is 0 Å². The van der Waals surface area contributed by atoms with Crippen molar-refractivity contribution < 1.29 is 9.90 Å². The van der Waals surface area contributed by atoms with Crippen molar-refractivity contribution in [2.24, 2.45) is 0 Å². The molecule has 2 heterocycles. The maximum Gasteiger partial charge on any atom is 0.195 e. The summed E-state index contributed by atoms with van der Waals surface area (Å²) in [5, 5.41) is 13.5. The van der Waals surface area contributed by atoms with E-state index in [4.69, 9.17) is 0 Å². The van der Waals surface area contributed by atoms with Crippen molar-refractivity contribution in [1.29, 1.82) is 0 Å². The van der Waals surface area contributed by atoms with E-state index in [1.165, 1.54) is 11.3 Å². The highest BCUT2D eigenvalue weighted by molar-refractivity contribution is 7.12. The SMILES string of the molecule is CCCCN(C)CC(O)Cn1cc(/C=C/C(=O)c2cccs2)c2ccccc21. The van der Waals surface area contributed by atoms with Gasteiger partial charge in [-0.1, -0.05) is 37.6 Å². The average molecular weight is 397 g/mol. The molecule has 0 bridgehead atoms. The Morgan fingerprint density at radius 2 is 2.11 bits per heavy atom. The molecule has 0 spiro atoms. The molecule has 4 nitrogen and oxygen atoms in total. The van der Waals surface area contributed by atoms with Crippen molar-refractivity contribution in [3.8, 4) is 0 Å². The second kappa shape index (κ2) is 9.82. The number of aliphatic hydroxyl groups excluding tert-OH is 1. The van der Waals surface area contributed by atoms with Gasteiger partial charge in [0.1, 0.15) is 0 Å². The summed E-state index contributed by atoms with van der Waals surface area (Å²) < 4.78 is 2.09. The van der Waals surface area contributed by atoms with E-state index >= 15 is 0 Å². The summed E-state index contributed by atoms with van der Waals surface area (Å²) in [5.41, 5.74) is 2.06. The van der Waals surface area contributed by atoms with Crippen LogP contribution in [0.1, 0.15) is 35.0 Å². The van der Waals surface area contributed by atoms with Crippen LogP contribution in [0.4, 0.5) is 0 Å². The van der Waals surface area contributed by atoms with Gasteiger partial charge in [0.15, 0.2) is 5.78 Å². The summed E-state index contributed by atoms with van der Waals surface area (Å²) >= 11 is 1.45. The van der Waals surface area contributed by atoms with Gasteiger partial charge in [-0.25, -0.2) is 0 Å². The highest BCUT2D eigenvalue weighted by Gasteiger charge is 2.13. The lowest BCUT2D eigenvalue weighted by atomic mass is 10.1. The number of aliphatic hydroxyl groups is 1. The summed E-state index contributed by atoms with van der Waals surface area (Å²) in [6.07, 6.45) is 7.39. The number of likely N-dealkylation sites (N-methyl/N-ethyl adjacent to an activating group) is 1. The molecule has 0 aliphatic rings. The number of unbranched alkanes of at least 4 members (excludes halogenated alkanes) is 1. The van der Waals surface area contributed by atoms with Crippen molar-refractivity contribution in [2.75, 3.05) is 20.1 Å². The topological polar surface area (TPSA) is 45.5 Å². The van der Waals surface area contributed by atoms with E-state index in [-0.39, 0.29) is 5.78 Å². The molecule has 0 fully saturated rings. The summed E-state index contributed by atoms with van der Waals surface area (Å²) in [7, 11) is 2.05. The van der Waals surface area contributed by atoms with E-state index in [0.717, 1.165) is 40.7 Å². The third-order valence-electron chi connectivity index (χ3n) is 4.82. The lowest BCUT2D eigenvalue weighted by Crippen LogP contribution is -2.32. The molecule has 0 saturated carbocycles. The molecule has 1 atom stereocenters. The molecule has 2 aromatic heterocycles. The van der Waals surface area contributed by atoms with Gasteiger partial charge in [0, 0.05) is 35.8 Å². The lowest BCUT2D eigenvalue weighted by molar-refractivity contribution is 0.105. The van der Waals surface area contributed by atoms with E-state index in [1.807, 2.05) is 41.9 Å². The number of nitrogens with zero attached hydrogens (tertiary/aromatic N) is 2. The van der Waals surface area contributed by atoms with Gasteiger partial charge >= 0.3 is 0 Å². The number of thiophene rings is 1. The maximum absolute atomic E-state index is 12.3. The Bertz CT molecular complexity index is 927. The van der Waals surface area contributed by atoms with Crippen molar-refractivity contribution in [1.82, 2.24) is 9.47 Å². The first-order chi connectivity index (χ1) is 13.6. The number of fused-ring (bicyclic) bond motifs is 1. The zero-order valence-electron chi connectivity index (χ0n) is 16.5. The van der Waals surface area contributed by atoms with Crippen LogP contribution in [0.5, 0.6) is 0 Å². The Labute approximate surface area is 170 Å². The monoisotopic (exact) mass is 396 g/mol. The normalized spacial score (nSPS) is 13.0. The van der Waals surface area contributed by atoms with Crippen molar-refractivity contribution in [3.05, 3.63) is 64.5 Å². The molecule has 148 valence electrons. The third kappa shape index (κ3) is 5.19. The maximum atomic E-state index is 12.3. The first kappa shape index (κ1) is 20.5. The van der Waals surface area contributed by atoms with Crippen LogP contribution < -0.4 is 0 Å². The Hall–Kier alpha value is -2.21. The van der Waals surface area contributed by atoms with E-state index in [1.54, 1.807) is 6.08 Å². The molecule has 0 radical (unpaired) electrons. The van der Waals surface area contributed by atoms with Crippen LogP contribution in [0, 0.1) is 0 Å². The fraction of sp³-hybridized carbons (Fsp3) is 0.348. The molecular weight excluding hydrogens is 368 g/mol. The summed E-state index contributed by atoms with van der Waals surface area (Å²) in [4.78, 5) is 15.2. The van der Waals surface area contributed by atoms with Crippen LogP contribution in [-0.2, 0) is 6.54 Å². The number of carbonyl (C=O) groups excluding carboxylic acids is 1. The molecule has 0 amide bonds.